The van der Waals surface area contributed by atoms with E-state index < -0.39 is 11.7 Å². The minimum absolute atomic E-state index is 0.372. The predicted octanol–water partition coefficient (Wildman–Crippen LogP) is 2.44. The van der Waals surface area contributed by atoms with Crippen LogP contribution in [0.15, 0.2) is 18.2 Å². The summed E-state index contributed by atoms with van der Waals surface area (Å²) in [5, 5.41) is 2.78. The quantitative estimate of drug-likeness (QED) is 0.867. The molecule has 2 amide bonds. The Labute approximate surface area is 135 Å². The summed E-state index contributed by atoms with van der Waals surface area (Å²) in [5.41, 5.74) is 4.48. The second kappa shape index (κ2) is 7.21. The van der Waals surface area contributed by atoms with Crippen LogP contribution in [-0.2, 0) is 9.53 Å². The molecule has 0 heterocycles. The number of primary amides is 1. The number of rotatable bonds is 5. The van der Waals surface area contributed by atoms with E-state index >= 15 is 0 Å². The van der Waals surface area contributed by atoms with Crippen molar-refractivity contribution in [2.24, 2.45) is 5.73 Å². The first-order valence-electron chi connectivity index (χ1n) is 7.53. The number of carbonyl (C=O) groups excluding carboxylic acids is 2. The maximum atomic E-state index is 12.7. The van der Waals surface area contributed by atoms with E-state index in [-0.39, 0.29) is 5.91 Å². The van der Waals surface area contributed by atoms with Gasteiger partial charge in [0.1, 0.15) is 0 Å². The molecular formula is C16H22N2O5. The van der Waals surface area contributed by atoms with Crippen molar-refractivity contribution in [3.8, 4) is 11.5 Å². The maximum absolute atomic E-state index is 12.7. The van der Waals surface area contributed by atoms with Crippen molar-refractivity contribution in [3.05, 3.63) is 18.2 Å². The Morgan fingerprint density at radius 3 is 2.30 bits per heavy atom. The highest BCUT2D eigenvalue weighted by atomic mass is 16.6. The van der Waals surface area contributed by atoms with Gasteiger partial charge in [-0.25, -0.2) is 4.79 Å². The topological polar surface area (TPSA) is 99.9 Å². The van der Waals surface area contributed by atoms with Crippen LogP contribution in [0.4, 0.5) is 10.5 Å². The molecule has 3 N–H and O–H groups in total. The highest BCUT2D eigenvalue weighted by Gasteiger charge is 2.43. The highest BCUT2D eigenvalue weighted by molar-refractivity contribution is 5.98. The lowest BCUT2D eigenvalue weighted by atomic mass is 9.83. The average molecular weight is 322 g/mol. The zero-order chi connectivity index (χ0) is 16.9. The van der Waals surface area contributed by atoms with E-state index in [1.165, 1.54) is 14.2 Å². The van der Waals surface area contributed by atoms with Crippen molar-refractivity contribution in [1.82, 2.24) is 0 Å². The molecule has 7 nitrogen and oxygen atoms in total. The molecule has 0 unspecified atom stereocenters. The van der Waals surface area contributed by atoms with E-state index in [0.29, 0.717) is 30.0 Å². The Hall–Kier alpha value is -2.44. The predicted molar refractivity (Wildman–Crippen MR) is 84.7 cm³/mol. The molecule has 0 atom stereocenters. The number of methoxy groups -OCH3 is 2. The summed E-state index contributed by atoms with van der Waals surface area (Å²) in [4.78, 5) is 23.9. The Bertz CT molecular complexity index is 582. The zero-order valence-electron chi connectivity index (χ0n) is 13.4. The maximum Gasteiger partial charge on any atom is 0.405 e. The fourth-order valence-corrected chi connectivity index (χ4v) is 2.85. The second-order valence-corrected chi connectivity index (χ2v) is 5.50. The summed E-state index contributed by atoms with van der Waals surface area (Å²) in [6, 6.07) is 5.04. The second-order valence-electron chi connectivity index (χ2n) is 5.50. The van der Waals surface area contributed by atoms with Crippen LogP contribution in [0.2, 0.25) is 0 Å². The summed E-state index contributed by atoms with van der Waals surface area (Å²) in [6.45, 7) is 0. The number of anilines is 1. The molecule has 1 aliphatic carbocycles. The zero-order valence-corrected chi connectivity index (χ0v) is 13.4. The first-order chi connectivity index (χ1) is 11.0. The molecule has 23 heavy (non-hydrogen) atoms. The van der Waals surface area contributed by atoms with Gasteiger partial charge in [0.25, 0.3) is 5.91 Å². The standard InChI is InChI=1S/C16H22N2O5/c1-21-12-7-6-11(10-13(12)22-2)18-14(19)16(23-15(17)20)8-4-3-5-9-16/h6-7,10H,3-5,8-9H2,1-2H3,(H2,17,20)(H,18,19). The van der Waals surface area contributed by atoms with E-state index in [9.17, 15) is 9.59 Å². The summed E-state index contributed by atoms with van der Waals surface area (Å²) in [5.74, 6) is 0.688. The van der Waals surface area contributed by atoms with Gasteiger partial charge in [-0.2, -0.15) is 0 Å². The molecule has 1 fully saturated rings. The lowest BCUT2D eigenvalue weighted by Gasteiger charge is -2.34. The number of amides is 2. The van der Waals surface area contributed by atoms with Crippen LogP contribution >= 0.6 is 0 Å². The van der Waals surface area contributed by atoms with Gasteiger partial charge < -0.3 is 25.3 Å². The van der Waals surface area contributed by atoms with Crippen molar-refractivity contribution in [2.45, 2.75) is 37.7 Å². The van der Waals surface area contributed by atoms with Crippen molar-refractivity contribution < 1.29 is 23.8 Å². The molecule has 7 heteroatoms. The summed E-state index contributed by atoms with van der Waals surface area (Å²) in [7, 11) is 3.05. The molecule has 1 aromatic carbocycles. The Kier molecular flexibility index (Phi) is 5.31. The van der Waals surface area contributed by atoms with Gasteiger partial charge in [0.15, 0.2) is 17.1 Å². The number of hydrogen-bond acceptors (Lipinski definition) is 5. The third-order valence-electron chi connectivity index (χ3n) is 4.01. The SMILES string of the molecule is COc1ccc(NC(=O)C2(OC(N)=O)CCCCC2)cc1OC. The van der Waals surface area contributed by atoms with Crippen LogP contribution in [-0.4, -0.2) is 31.8 Å². The van der Waals surface area contributed by atoms with Crippen molar-refractivity contribution >= 4 is 17.7 Å². The lowest BCUT2D eigenvalue weighted by Crippen LogP contribution is -2.49. The van der Waals surface area contributed by atoms with E-state index in [1.54, 1.807) is 18.2 Å². The molecule has 126 valence electrons. The highest BCUT2D eigenvalue weighted by Crippen LogP contribution is 2.34. The number of nitrogens with two attached hydrogens (primary N) is 1. The molecule has 0 aliphatic heterocycles. The van der Waals surface area contributed by atoms with Gasteiger partial charge in [-0.1, -0.05) is 6.42 Å². The fourth-order valence-electron chi connectivity index (χ4n) is 2.85. The number of nitrogens with one attached hydrogen (secondary N) is 1. The third-order valence-corrected chi connectivity index (χ3v) is 4.01. The smallest absolute Gasteiger partial charge is 0.405 e. The average Bonchev–Trinajstić information content (AvgIpc) is 2.54. The Morgan fingerprint density at radius 2 is 1.74 bits per heavy atom. The summed E-state index contributed by atoms with van der Waals surface area (Å²) in [6.07, 6.45) is 2.63. The summed E-state index contributed by atoms with van der Waals surface area (Å²) >= 11 is 0. The van der Waals surface area contributed by atoms with E-state index in [0.717, 1.165) is 19.3 Å². The first kappa shape index (κ1) is 16.9. The monoisotopic (exact) mass is 322 g/mol. The van der Waals surface area contributed by atoms with Crippen LogP contribution in [0.5, 0.6) is 11.5 Å². The molecule has 1 saturated carbocycles. The van der Waals surface area contributed by atoms with Crippen LogP contribution in [0.1, 0.15) is 32.1 Å². The Morgan fingerprint density at radius 1 is 1.09 bits per heavy atom. The molecule has 0 bridgehead atoms. The van der Waals surface area contributed by atoms with Gasteiger partial charge in [0.2, 0.25) is 0 Å². The first-order valence-corrected chi connectivity index (χ1v) is 7.53. The minimum Gasteiger partial charge on any atom is -0.493 e. The number of benzene rings is 1. The fraction of sp³-hybridized carbons (Fsp3) is 0.500. The molecule has 0 aromatic heterocycles. The van der Waals surface area contributed by atoms with Gasteiger partial charge in [-0.3, -0.25) is 4.79 Å². The van der Waals surface area contributed by atoms with E-state index in [1.807, 2.05) is 0 Å². The Balaban J connectivity index is 2.19. The van der Waals surface area contributed by atoms with E-state index in [4.69, 9.17) is 19.9 Å². The minimum atomic E-state index is -1.20. The van der Waals surface area contributed by atoms with Gasteiger partial charge >= 0.3 is 6.09 Å². The molecule has 1 aliphatic rings. The van der Waals surface area contributed by atoms with Gasteiger partial charge in [-0.15, -0.1) is 0 Å². The molecule has 1 aromatic rings. The summed E-state index contributed by atoms with van der Waals surface area (Å²) < 4.78 is 15.6. The van der Waals surface area contributed by atoms with E-state index in [2.05, 4.69) is 5.32 Å². The number of hydrogen-bond donors (Lipinski definition) is 2. The lowest BCUT2D eigenvalue weighted by molar-refractivity contribution is -0.137. The molecule has 0 spiro atoms. The molecular weight excluding hydrogens is 300 g/mol. The van der Waals surface area contributed by atoms with Gasteiger partial charge in [0, 0.05) is 11.8 Å². The normalized spacial score (nSPS) is 16.3. The number of carbonyl (C=O) groups is 2. The van der Waals surface area contributed by atoms with Crippen LogP contribution < -0.4 is 20.5 Å². The molecule has 0 saturated heterocycles. The van der Waals surface area contributed by atoms with Crippen molar-refractivity contribution in [1.29, 1.82) is 0 Å². The van der Waals surface area contributed by atoms with Crippen LogP contribution in [0, 0.1) is 0 Å². The van der Waals surface area contributed by atoms with Crippen LogP contribution in [0.25, 0.3) is 0 Å². The molecule has 0 radical (unpaired) electrons. The van der Waals surface area contributed by atoms with Crippen LogP contribution in [0.3, 0.4) is 0 Å². The van der Waals surface area contributed by atoms with Gasteiger partial charge in [0.05, 0.1) is 14.2 Å². The number of ether oxygens (including phenoxy) is 3. The third kappa shape index (κ3) is 3.85. The van der Waals surface area contributed by atoms with Crippen molar-refractivity contribution in [3.63, 3.8) is 0 Å². The van der Waals surface area contributed by atoms with Crippen molar-refractivity contribution in [2.75, 3.05) is 19.5 Å². The largest absolute Gasteiger partial charge is 0.493 e. The van der Waals surface area contributed by atoms with Gasteiger partial charge in [-0.05, 0) is 37.8 Å². The molecule has 2 rings (SSSR count).